The molecule has 0 unspecified atom stereocenters. The number of likely N-dealkylation sites (N-methyl/N-ethyl adjacent to an activating group) is 1. The summed E-state index contributed by atoms with van der Waals surface area (Å²) in [6.45, 7) is 2.64. The lowest BCUT2D eigenvalue weighted by Gasteiger charge is -2.20. The Labute approximate surface area is 120 Å². The van der Waals surface area contributed by atoms with Gasteiger partial charge in [0, 0.05) is 18.8 Å². The largest absolute Gasteiger partial charge is 0.419 e. The van der Waals surface area contributed by atoms with Crippen LogP contribution in [0.5, 0.6) is 0 Å². The average Bonchev–Trinajstić information content (AvgIpc) is 2.36. The van der Waals surface area contributed by atoms with Crippen LogP contribution in [0, 0.1) is 5.82 Å². The Bertz CT molecular complexity index is 476. The average molecular weight is 309 g/mol. The summed E-state index contributed by atoms with van der Waals surface area (Å²) in [6.07, 6.45) is -4.95. The first-order chi connectivity index (χ1) is 9.29. The number of alkyl halides is 3. The smallest absolute Gasteiger partial charge is 0.342 e. The van der Waals surface area contributed by atoms with E-state index >= 15 is 0 Å². The van der Waals surface area contributed by atoms with Gasteiger partial charge in [0.15, 0.2) is 0 Å². The minimum Gasteiger partial charge on any atom is -0.342 e. The summed E-state index contributed by atoms with van der Waals surface area (Å²) in [7, 11) is 0. The summed E-state index contributed by atoms with van der Waals surface area (Å²) in [4.78, 5) is 13.4. The number of hydrogen-bond acceptors (Lipinski definition) is 2. The van der Waals surface area contributed by atoms with Gasteiger partial charge in [-0.05, 0) is 24.6 Å². The Morgan fingerprint density at radius 3 is 2.50 bits per heavy atom. The number of amides is 1. The highest BCUT2D eigenvalue weighted by Gasteiger charge is 2.34. The van der Waals surface area contributed by atoms with Gasteiger partial charge >= 0.3 is 6.18 Å². The number of halogens is 4. The standard InChI is InChI=1S/C13H15F4NOS/c1-2-18(5-6-20)12(19)8-9-3-4-11(14)10(7-9)13(15,16)17/h3-4,7,20H,2,5-6,8H2,1H3. The first-order valence-electron chi connectivity index (χ1n) is 6.03. The lowest BCUT2D eigenvalue weighted by atomic mass is 10.1. The summed E-state index contributed by atoms with van der Waals surface area (Å²) in [5, 5.41) is 0. The molecule has 112 valence electrons. The van der Waals surface area contributed by atoms with E-state index in [0.717, 1.165) is 6.07 Å². The molecule has 0 fully saturated rings. The van der Waals surface area contributed by atoms with Crippen molar-refractivity contribution in [3.05, 3.63) is 35.1 Å². The van der Waals surface area contributed by atoms with E-state index < -0.39 is 17.6 Å². The maximum Gasteiger partial charge on any atom is 0.419 e. The molecule has 7 heteroatoms. The summed E-state index contributed by atoms with van der Waals surface area (Å²) in [5.74, 6) is -1.17. The molecule has 2 nitrogen and oxygen atoms in total. The van der Waals surface area contributed by atoms with E-state index in [9.17, 15) is 22.4 Å². The van der Waals surface area contributed by atoms with Crippen molar-refractivity contribution >= 4 is 18.5 Å². The van der Waals surface area contributed by atoms with Gasteiger partial charge in [-0.25, -0.2) is 4.39 Å². The SMILES string of the molecule is CCN(CCS)C(=O)Cc1ccc(F)c(C(F)(F)F)c1. The number of thiol groups is 1. The molecule has 0 aromatic heterocycles. The van der Waals surface area contributed by atoms with Gasteiger partial charge in [-0.15, -0.1) is 0 Å². The monoisotopic (exact) mass is 309 g/mol. The lowest BCUT2D eigenvalue weighted by molar-refractivity contribution is -0.140. The van der Waals surface area contributed by atoms with E-state index in [2.05, 4.69) is 12.6 Å². The minimum absolute atomic E-state index is 0.140. The third kappa shape index (κ3) is 4.40. The summed E-state index contributed by atoms with van der Waals surface area (Å²) in [6, 6.07) is 2.61. The van der Waals surface area contributed by atoms with Gasteiger partial charge in [0.05, 0.1) is 12.0 Å². The molecule has 20 heavy (non-hydrogen) atoms. The van der Waals surface area contributed by atoms with Crippen molar-refractivity contribution < 1.29 is 22.4 Å². The predicted octanol–water partition coefficient (Wildman–Crippen LogP) is 3.17. The molecule has 1 aromatic rings. The Balaban J connectivity index is 2.91. The number of hydrogen-bond donors (Lipinski definition) is 1. The maximum atomic E-state index is 13.1. The molecule has 0 aliphatic heterocycles. The molecule has 0 bridgehead atoms. The Morgan fingerprint density at radius 2 is 2.00 bits per heavy atom. The van der Waals surface area contributed by atoms with Crippen LogP contribution in [0.15, 0.2) is 18.2 Å². The molecular weight excluding hydrogens is 294 g/mol. The third-order valence-corrected chi connectivity index (χ3v) is 3.00. The first-order valence-corrected chi connectivity index (χ1v) is 6.67. The molecule has 0 saturated heterocycles. The molecule has 0 aliphatic carbocycles. The summed E-state index contributed by atoms with van der Waals surface area (Å²) in [5.41, 5.74) is -1.21. The number of benzene rings is 1. The third-order valence-electron chi connectivity index (χ3n) is 2.80. The van der Waals surface area contributed by atoms with Crippen molar-refractivity contribution in [3.63, 3.8) is 0 Å². The molecule has 0 atom stereocenters. The van der Waals surface area contributed by atoms with Crippen molar-refractivity contribution in [1.29, 1.82) is 0 Å². The van der Waals surface area contributed by atoms with Crippen LogP contribution in [0.25, 0.3) is 0 Å². The maximum absolute atomic E-state index is 13.1. The van der Waals surface area contributed by atoms with Crippen LogP contribution in [-0.2, 0) is 17.4 Å². The highest BCUT2D eigenvalue weighted by molar-refractivity contribution is 7.80. The van der Waals surface area contributed by atoms with Crippen LogP contribution in [0.3, 0.4) is 0 Å². The highest BCUT2D eigenvalue weighted by atomic mass is 32.1. The van der Waals surface area contributed by atoms with Crippen molar-refractivity contribution in [2.24, 2.45) is 0 Å². The van der Waals surface area contributed by atoms with Crippen molar-refractivity contribution in [1.82, 2.24) is 4.90 Å². The molecule has 1 aromatic carbocycles. The van der Waals surface area contributed by atoms with Crippen LogP contribution in [0.4, 0.5) is 17.6 Å². The lowest BCUT2D eigenvalue weighted by Crippen LogP contribution is -2.33. The van der Waals surface area contributed by atoms with Crippen LogP contribution in [0.2, 0.25) is 0 Å². The molecule has 1 rings (SSSR count). The van der Waals surface area contributed by atoms with Gasteiger partial charge in [0.2, 0.25) is 5.91 Å². The van der Waals surface area contributed by atoms with E-state index in [1.54, 1.807) is 6.92 Å². The van der Waals surface area contributed by atoms with Gasteiger partial charge in [-0.2, -0.15) is 25.8 Å². The number of carbonyl (C=O) groups excluding carboxylic acids is 1. The molecule has 0 heterocycles. The van der Waals surface area contributed by atoms with E-state index in [1.165, 1.54) is 11.0 Å². The van der Waals surface area contributed by atoms with Crippen LogP contribution in [0.1, 0.15) is 18.1 Å². The van der Waals surface area contributed by atoms with Crippen molar-refractivity contribution in [3.8, 4) is 0 Å². The zero-order valence-corrected chi connectivity index (χ0v) is 11.8. The zero-order chi connectivity index (χ0) is 15.3. The second kappa shape index (κ2) is 6.97. The zero-order valence-electron chi connectivity index (χ0n) is 10.9. The van der Waals surface area contributed by atoms with E-state index in [0.29, 0.717) is 24.9 Å². The molecule has 0 N–H and O–H groups in total. The summed E-state index contributed by atoms with van der Waals surface area (Å²) < 4.78 is 50.8. The summed E-state index contributed by atoms with van der Waals surface area (Å²) >= 11 is 4.01. The van der Waals surface area contributed by atoms with E-state index in [-0.39, 0.29) is 17.9 Å². The number of carbonyl (C=O) groups is 1. The van der Waals surface area contributed by atoms with E-state index in [4.69, 9.17) is 0 Å². The molecule has 0 spiro atoms. The van der Waals surface area contributed by atoms with Gasteiger partial charge in [-0.1, -0.05) is 6.07 Å². The highest BCUT2D eigenvalue weighted by Crippen LogP contribution is 2.32. The van der Waals surface area contributed by atoms with Gasteiger partial charge in [-0.3, -0.25) is 4.79 Å². The van der Waals surface area contributed by atoms with E-state index in [1.807, 2.05) is 0 Å². The number of nitrogens with zero attached hydrogens (tertiary/aromatic N) is 1. The molecule has 1 amide bonds. The Morgan fingerprint density at radius 1 is 1.35 bits per heavy atom. The Hall–Kier alpha value is -1.24. The predicted molar refractivity (Wildman–Crippen MR) is 71.2 cm³/mol. The normalized spacial score (nSPS) is 11.5. The van der Waals surface area contributed by atoms with Gasteiger partial charge in [0.25, 0.3) is 0 Å². The second-order valence-corrected chi connectivity index (χ2v) is 4.63. The van der Waals surface area contributed by atoms with Crippen LogP contribution >= 0.6 is 12.6 Å². The minimum atomic E-state index is -4.77. The van der Waals surface area contributed by atoms with Crippen molar-refractivity contribution in [2.45, 2.75) is 19.5 Å². The number of rotatable bonds is 5. The van der Waals surface area contributed by atoms with Crippen LogP contribution < -0.4 is 0 Å². The van der Waals surface area contributed by atoms with Gasteiger partial charge < -0.3 is 4.90 Å². The topological polar surface area (TPSA) is 20.3 Å². The van der Waals surface area contributed by atoms with Crippen molar-refractivity contribution in [2.75, 3.05) is 18.8 Å². The fraction of sp³-hybridized carbons (Fsp3) is 0.462. The quantitative estimate of drug-likeness (QED) is 0.654. The molecule has 0 saturated carbocycles. The first kappa shape index (κ1) is 16.8. The fourth-order valence-electron chi connectivity index (χ4n) is 1.77. The van der Waals surface area contributed by atoms with Crippen LogP contribution in [-0.4, -0.2) is 29.6 Å². The second-order valence-electron chi connectivity index (χ2n) is 4.19. The molecule has 0 aliphatic rings. The Kier molecular flexibility index (Phi) is 5.86. The molecular formula is C13H15F4NOS. The molecule has 0 radical (unpaired) electrons. The van der Waals surface area contributed by atoms with Gasteiger partial charge in [0.1, 0.15) is 5.82 Å². The fourth-order valence-corrected chi connectivity index (χ4v) is 2.01.